The summed E-state index contributed by atoms with van der Waals surface area (Å²) >= 11 is 6.06. The highest BCUT2D eigenvalue weighted by Crippen LogP contribution is 2.40. The molecule has 0 bridgehead atoms. The van der Waals surface area contributed by atoms with Crippen molar-refractivity contribution in [3.63, 3.8) is 0 Å². The zero-order valence-corrected chi connectivity index (χ0v) is 13.5. The highest BCUT2D eigenvalue weighted by molar-refractivity contribution is 6.30. The Kier molecular flexibility index (Phi) is 3.74. The van der Waals surface area contributed by atoms with Crippen LogP contribution in [-0.4, -0.2) is 29.9 Å². The van der Waals surface area contributed by atoms with E-state index in [4.69, 9.17) is 16.3 Å². The van der Waals surface area contributed by atoms with Gasteiger partial charge in [0.2, 0.25) is 11.8 Å². The molecule has 1 saturated heterocycles. The summed E-state index contributed by atoms with van der Waals surface area (Å²) in [6.07, 6.45) is 3.56. The number of likely N-dealkylation sites (tertiary alicyclic amines) is 1. The monoisotopic (exact) mass is 331 g/mol. The first kappa shape index (κ1) is 14.9. The van der Waals surface area contributed by atoms with Gasteiger partial charge in [0.1, 0.15) is 6.10 Å². The van der Waals surface area contributed by atoms with E-state index in [1.54, 1.807) is 0 Å². The molecule has 120 valence electrons. The molecule has 0 radical (unpaired) electrons. The Morgan fingerprint density at radius 1 is 1.17 bits per heavy atom. The Hall–Kier alpha value is -1.65. The van der Waals surface area contributed by atoms with Gasteiger partial charge in [-0.3, -0.25) is 14.5 Å². The molecule has 5 heteroatoms. The van der Waals surface area contributed by atoms with Crippen molar-refractivity contribution >= 4 is 23.4 Å². The minimum absolute atomic E-state index is 0.0768. The van der Waals surface area contributed by atoms with Crippen LogP contribution in [0.4, 0.5) is 0 Å². The van der Waals surface area contributed by atoms with Gasteiger partial charge < -0.3 is 4.74 Å². The van der Waals surface area contributed by atoms with Crippen LogP contribution in [0.1, 0.15) is 30.1 Å². The van der Waals surface area contributed by atoms with Crippen LogP contribution in [0.5, 0.6) is 0 Å². The van der Waals surface area contributed by atoms with Gasteiger partial charge in [0.25, 0.3) is 0 Å². The highest BCUT2D eigenvalue weighted by atomic mass is 35.5. The number of rotatable bonds is 2. The Morgan fingerprint density at radius 3 is 2.83 bits per heavy atom. The molecule has 2 heterocycles. The lowest BCUT2D eigenvalue weighted by molar-refractivity contribution is -0.142. The summed E-state index contributed by atoms with van der Waals surface area (Å²) in [4.78, 5) is 26.7. The number of carbonyl (C=O) groups is 2. The summed E-state index contributed by atoms with van der Waals surface area (Å²) in [6.45, 7) is 0.928. The van der Waals surface area contributed by atoms with Gasteiger partial charge >= 0.3 is 0 Å². The Bertz CT molecular complexity index is 699. The predicted molar refractivity (Wildman–Crippen MR) is 85.7 cm³/mol. The summed E-state index contributed by atoms with van der Waals surface area (Å²) in [7, 11) is 0. The molecule has 4 nitrogen and oxygen atoms in total. The van der Waals surface area contributed by atoms with Crippen molar-refractivity contribution in [2.75, 3.05) is 13.2 Å². The molecule has 1 fully saturated rings. The fourth-order valence-electron chi connectivity index (χ4n) is 3.87. The molecular weight excluding hydrogens is 314 g/mol. The SMILES string of the molecule is O=C1[C@H]2CC=C(Cl)C[C@H]2C(=O)N1C[C@H]1OCCc2ccccc21. The van der Waals surface area contributed by atoms with E-state index < -0.39 is 0 Å². The van der Waals surface area contributed by atoms with Crippen LogP contribution in [0.15, 0.2) is 35.4 Å². The first-order chi connectivity index (χ1) is 11.1. The van der Waals surface area contributed by atoms with Gasteiger partial charge in [0, 0.05) is 5.03 Å². The van der Waals surface area contributed by atoms with E-state index in [2.05, 4.69) is 6.07 Å². The predicted octanol–water partition coefficient (Wildman–Crippen LogP) is 2.82. The molecule has 2 aliphatic heterocycles. The van der Waals surface area contributed by atoms with Gasteiger partial charge in [-0.25, -0.2) is 0 Å². The van der Waals surface area contributed by atoms with Gasteiger partial charge in [0.05, 0.1) is 25.0 Å². The third kappa shape index (κ3) is 2.50. The Morgan fingerprint density at radius 2 is 1.96 bits per heavy atom. The van der Waals surface area contributed by atoms with E-state index in [1.165, 1.54) is 10.5 Å². The summed E-state index contributed by atoms with van der Waals surface area (Å²) in [6, 6.07) is 8.09. The minimum atomic E-state index is -0.293. The van der Waals surface area contributed by atoms with Crippen LogP contribution in [0.2, 0.25) is 0 Å². The van der Waals surface area contributed by atoms with E-state index >= 15 is 0 Å². The van der Waals surface area contributed by atoms with Gasteiger partial charge in [-0.2, -0.15) is 0 Å². The fourth-order valence-corrected chi connectivity index (χ4v) is 4.13. The van der Waals surface area contributed by atoms with Gasteiger partial charge in [-0.15, -0.1) is 0 Å². The lowest BCUT2D eigenvalue weighted by Gasteiger charge is -2.29. The van der Waals surface area contributed by atoms with E-state index in [-0.39, 0.29) is 29.8 Å². The molecule has 0 N–H and O–H groups in total. The second kappa shape index (κ2) is 5.77. The molecule has 3 aliphatic rings. The van der Waals surface area contributed by atoms with Crippen molar-refractivity contribution < 1.29 is 14.3 Å². The Labute approximate surface area is 140 Å². The molecule has 0 spiro atoms. The molecule has 2 amide bonds. The lowest BCUT2D eigenvalue weighted by atomic mass is 9.85. The summed E-state index contributed by atoms with van der Waals surface area (Å²) < 4.78 is 5.85. The normalized spacial score (nSPS) is 30.0. The summed E-state index contributed by atoms with van der Waals surface area (Å²) in [5.74, 6) is -0.715. The second-order valence-corrected chi connectivity index (χ2v) is 6.88. The van der Waals surface area contributed by atoms with Crippen LogP contribution in [0, 0.1) is 11.8 Å². The first-order valence-electron chi connectivity index (χ1n) is 8.04. The van der Waals surface area contributed by atoms with E-state index in [0.717, 1.165) is 12.0 Å². The molecule has 0 saturated carbocycles. The maximum absolute atomic E-state index is 12.6. The summed E-state index contributed by atoms with van der Waals surface area (Å²) in [5, 5.41) is 0.688. The maximum atomic E-state index is 12.6. The zero-order valence-electron chi connectivity index (χ0n) is 12.7. The van der Waals surface area contributed by atoms with Crippen molar-refractivity contribution in [3.8, 4) is 0 Å². The number of carbonyl (C=O) groups excluding carboxylic acids is 2. The molecule has 1 aromatic rings. The maximum Gasteiger partial charge on any atom is 0.233 e. The average Bonchev–Trinajstić information content (AvgIpc) is 2.80. The molecule has 1 aromatic carbocycles. The van der Waals surface area contributed by atoms with Crippen molar-refractivity contribution in [1.82, 2.24) is 4.90 Å². The van der Waals surface area contributed by atoms with Crippen LogP contribution in [0.3, 0.4) is 0 Å². The Balaban J connectivity index is 1.57. The molecule has 0 aromatic heterocycles. The topological polar surface area (TPSA) is 46.6 Å². The van der Waals surface area contributed by atoms with Crippen molar-refractivity contribution in [2.24, 2.45) is 11.8 Å². The van der Waals surface area contributed by atoms with Crippen LogP contribution >= 0.6 is 11.6 Å². The minimum Gasteiger partial charge on any atom is -0.371 e. The summed E-state index contributed by atoms with van der Waals surface area (Å²) in [5.41, 5.74) is 2.33. The molecule has 23 heavy (non-hydrogen) atoms. The highest BCUT2D eigenvalue weighted by Gasteiger charge is 2.49. The number of ether oxygens (including phenoxy) is 1. The van der Waals surface area contributed by atoms with Crippen molar-refractivity contribution in [3.05, 3.63) is 46.5 Å². The number of hydrogen-bond acceptors (Lipinski definition) is 3. The van der Waals surface area contributed by atoms with Crippen LogP contribution < -0.4 is 0 Å². The van der Waals surface area contributed by atoms with E-state index in [0.29, 0.717) is 31.0 Å². The molecular formula is C18H18ClNO3. The number of hydrogen-bond donors (Lipinski definition) is 0. The number of allylic oxidation sites excluding steroid dienone is 2. The van der Waals surface area contributed by atoms with Crippen molar-refractivity contribution in [1.29, 1.82) is 0 Å². The number of imide groups is 1. The van der Waals surface area contributed by atoms with E-state index in [1.807, 2.05) is 24.3 Å². The van der Waals surface area contributed by atoms with Crippen molar-refractivity contribution in [2.45, 2.75) is 25.4 Å². The van der Waals surface area contributed by atoms with Gasteiger partial charge in [-0.1, -0.05) is 41.9 Å². The number of halogens is 1. The molecule has 0 unspecified atom stereocenters. The first-order valence-corrected chi connectivity index (χ1v) is 8.42. The molecule has 3 atom stereocenters. The quantitative estimate of drug-likeness (QED) is 0.783. The number of benzene rings is 1. The smallest absolute Gasteiger partial charge is 0.233 e. The van der Waals surface area contributed by atoms with E-state index in [9.17, 15) is 9.59 Å². The van der Waals surface area contributed by atoms with Crippen LogP contribution in [0.25, 0.3) is 0 Å². The molecule has 4 rings (SSSR count). The third-order valence-electron chi connectivity index (χ3n) is 5.10. The standard InChI is InChI=1S/C18H18ClNO3/c19-12-5-6-14-15(9-12)18(22)20(17(14)21)10-16-13-4-2-1-3-11(13)7-8-23-16/h1-5,14-16H,6-10H2/t14-,15+,16+/m0/s1. The number of nitrogens with zero attached hydrogens (tertiary/aromatic N) is 1. The third-order valence-corrected chi connectivity index (χ3v) is 5.41. The second-order valence-electron chi connectivity index (χ2n) is 6.40. The van der Waals surface area contributed by atoms with Gasteiger partial charge in [-0.05, 0) is 30.4 Å². The van der Waals surface area contributed by atoms with Crippen LogP contribution in [-0.2, 0) is 20.7 Å². The molecule has 1 aliphatic carbocycles. The zero-order chi connectivity index (χ0) is 16.0. The largest absolute Gasteiger partial charge is 0.371 e. The number of fused-ring (bicyclic) bond motifs is 2. The fraction of sp³-hybridized carbons (Fsp3) is 0.444. The lowest BCUT2D eigenvalue weighted by Crippen LogP contribution is -2.37. The average molecular weight is 332 g/mol. The number of amides is 2. The van der Waals surface area contributed by atoms with Gasteiger partial charge in [0.15, 0.2) is 0 Å².